The Labute approximate surface area is 185 Å². The molecule has 0 N–H and O–H groups in total. The van der Waals surface area contributed by atoms with Crippen LogP contribution in [0.15, 0.2) is 102 Å². The zero-order valence-electron chi connectivity index (χ0n) is 16.4. The van der Waals surface area contributed by atoms with Crippen LogP contribution in [0.4, 0.5) is 0 Å². The number of hydrogen-bond donors (Lipinski definition) is 0. The largest absolute Gasteiger partial charge is 0.294 e. The maximum absolute atomic E-state index is 13.0. The SMILES string of the molecule is O=C(CC1C=CC=C(c2ccc(Cc3ccccc3)cc2)C1=O)c1ccc(Br)cc1. The molecule has 1 aliphatic carbocycles. The number of ketones is 2. The number of allylic oxidation sites excluding steroid dienone is 4. The lowest BCUT2D eigenvalue weighted by molar-refractivity contribution is -0.116. The molecule has 0 radical (unpaired) electrons. The third-order valence-electron chi connectivity index (χ3n) is 5.30. The van der Waals surface area contributed by atoms with Gasteiger partial charge >= 0.3 is 0 Å². The fraction of sp³-hybridized carbons (Fsp3) is 0.111. The third-order valence-corrected chi connectivity index (χ3v) is 5.82. The van der Waals surface area contributed by atoms with E-state index in [1.54, 1.807) is 12.1 Å². The fourth-order valence-corrected chi connectivity index (χ4v) is 3.91. The highest BCUT2D eigenvalue weighted by molar-refractivity contribution is 9.10. The summed E-state index contributed by atoms with van der Waals surface area (Å²) in [4.78, 5) is 25.7. The Morgan fingerprint density at radius 2 is 1.50 bits per heavy atom. The Bertz CT molecular complexity index is 1110. The molecule has 0 heterocycles. The van der Waals surface area contributed by atoms with Gasteiger partial charge in [-0.25, -0.2) is 0 Å². The molecule has 3 aromatic rings. The highest BCUT2D eigenvalue weighted by Gasteiger charge is 2.25. The summed E-state index contributed by atoms with van der Waals surface area (Å²) >= 11 is 3.38. The molecule has 3 heteroatoms. The molecule has 148 valence electrons. The molecule has 0 aliphatic heterocycles. The highest BCUT2D eigenvalue weighted by atomic mass is 79.9. The van der Waals surface area contributed by atoms with Crippen LogP contribution in [0.3, 0.4) is 0 Å². The van der Waals surface area contributed by atoms with Gasteiger partial charge in [0.2, 0.25) is 0 Å². The molecule has 2 nitrogen and oxygen atoms in total. The number of carbonyl (C=O) groups is 2. The van der Waals surface area contributed by atoms with E-state index in [2.05, 4.69) is 40.2 Å². The second kappa shape index (κ2) is 9.19. The first-order chi connectivity index (χ1) is 14.6. The Morgan fingerprint density at radius 1 is 0.833 bits per heavy atom. The lowest BCUT2D eigenvalue weighted by atomic mass is 9.84. The van der Waals surface area contributed by atoms with E-state index >= 15 is 0 Å². The summed E-state index contributed by atoms with van der Waals surface area (Å²) in [7, 11) is 0. The number of hydrogen-bond acceptors (Lipinski definition) is 2. The first kappa shape index (κ1) is 20.2. The van der Waals surface area contributed by atoms with Crippen molar-refractivity contribution < 1.29 is 9.59 Å². The quantitative estimate of drug-likeness (QED) is 0.399. The van der Waals surface area contributed by atoms with E-state index in [4.69, 9.17) is 0 Å². The van der Waals surface area contributed by atoms with E-state index in [0.29, 0.717) is 11.1 Å². The lowest BCUT2D eigenvalue weighted by Crippen LogP contribution is -2.20. The Hall–Kier alpha value is -3.04. The smallest absolute Gasteiger partial charge is 0.170 e. The molecule has 1 atom stereocenters. The monoisotopic (exact) mass is 456 g/mol. The van der Waals surface area contributed by atoms with E-state index in [9.17, 15) is 9.59 Å². The summed E-state index contributed by atoms with van der Waals surface area (Å²) in [6.45, 7) is 0. The molecular weight excluding hydrogens is 436 g/mol. The topological polar surface area (TPSA) is 34.1 Å². The normalized spacial score (nSPS) is 15.7. The minimum Gasteiger partial charge on any atom is -0.294 e. The van der Waals surface area contributed by atoms with Crippen LogP contribution in [-0.2, 0) is 11.2 Å². The van der Waals surface area contributed by atoms with Crippen LogP contribution in [0.25, 0.3) is 5.57 Å². The average molecular weight is 457 g/mol. The summed E-state index contributed by atoms with van der Waals surface area (Å²) < 4.78 is 0.925. The maximum atomic E-state index is 13.0. The van der Waals surface area contributed by atoms with Crippen LogP contribution < -0.4 is 0 Å². The van der Waals surface area contributed by atoms with Gasteiger partial charge in [-0.2, -0.15) is 0 Å². The molecule has 0 saturated heterocycles. The molecule has 30 heavy (non-hydrogen) atoms. The minimum absolute atomic E-state index is 0.00114. The molecule has 0 aromatic heterocycles. The van der Waals surface area contributed by atoms with Crippen LogP contribution in [0.5, 0.6) is 0 Å². The predicted octanol–water partition coefficient (Wildman–Crippen LogP) is 6.45. The van der Waals surface area contributed by atoms with Gasteiger partial charge in [0.05, 0.1) is 0 Å². The number of carbonyl (C=O) groups excluding carboxylic acids is 2. The van der Waals surface area contributed by atoms with Gasteiger partial charge in [-0.15, -0.1) is 0 Å². The molecule has 0 fully saturated rings. The van der Waals surface area contributed by atoms with Crippen LogP contribution in [0.1, 0.15) is 33.5 Å². The average Bonchev–Trinajstić information content (AvgIpc) is 2.77. The highest BCUT2D eigenvalue weighted by Crippen LogP contribution is 2.27. The summed E-state index contributed by atoms with van der Waals surface area (Å²) in [5.74, 6) is -0.450. The number of benzene rings is 3. The van der Waals surface area contributed by atoms with Crippen molar-refractivity contribution in [2.75, 3.05) is 0 Å². The summed E-state index contributed by atoms with van der Waals surface area (Å²) in [6, 6.07) is 25.7. The van der Waals surface area contributed by atoms with Crippen molar-refractivity contribution >= 4 is 33.1 Å². The molecule has 4 rings (SSSR count). The number of rotatable bonds is 6. The van der Waals surface area contributed by atoms with E-state index in [-0.39, 0.29) is 18.0 Å². The summed E-state index contributed by atoms with van der Waals surface area (Å²) in [5.41, 5.74) is 4.64. The third kappa shape index (κ3) is 4.74. The van der Waals surface area contributed by atoms with Crippen molar-refractivity contribution in [2.45, 2.75) is 12.8 Å². The lowest BCUT2D eigenvalue weighted by Gasteiger charge is -2.17. The summed E-state index contributed by atoms with van der Waals surface area (Å²) in [5, 5.41) is 0. The van der Waals surface area contributed by atoms with Gasteiger partial charge in [-0.3, -0.25) is 9.59 Å². The van der Waals surface area contributed by atoms with Gasteiger partial charge in [0.1, 0.15) is 0 Å². The molecule has 0 amide bonds. The Morgan fingerprint density at radius 3 is 2.20 bits per heavy atom. The van der Waals surface area contributed by atoms with E-state index in [0.717, 1.165) is 16.5 Å². The van der Waals surface area contributed by atoms with Crippen LogP contribution in [-0.4, -0.2) is 11.6 Å². The van der Waals surface area contributed by atoms with Crippen molar-refractivity contribution in [3.63, 3.8) is 0 Å². The second-order valence-electron chi connectivity index (χ2n) is 7.43. The molecule has 0 spiro atoms. The van der Waals surface area contributed by atoms with Crippen molar-refractivity contribution in [3.05, 3.63) is 124 Å². The first-order valence-corrected chi connectivity index (χ1v) is 10.7. The van der Waals surface area contributed by atoms with Gasteiger partial charge in [-0.05, 0) is 35.2 Å². The number of halogens is 1. The minimum atomic E-state index is -0.426. The zero-order chi connectivity index (χ0) is 20.9. The van der Waals surface area contributed by atoms with Gasteiger partial charge in [0.15, 0.2) is 11.6 Å². The molecule has 1 aliphatic rings. The molecule has 1 unspecified atom stereocenters. The molecule has 0 bridgehead atoms. The fourth-order valence-electron chi connectivity index (χ4n) is 3.64. The van der Waals surface area contributed by atoms with Crippen molar-refractivity contribution in [1.82, 2.24) is 0 Å². The van der Waals surface area contributed by atoms with Crippen molar-refractivity contribution in [1.29, 1.82) is 0 Å². The van der Waals surface area contributed by atoms with Gasteiger partial charge < -0.3 is 0 Å². The molecule has 0 saturated carbocycles. The van der Waals surface area contributed by atoms with Crippen LogP contribution >= 0.6 is 15.9 Å². The molecule has 3 aromatic carbocycles. The Kier molecular flexibility index (Phi) is 6.20. The van der Waals surface area contributed by atoms with Crippen molar-refractivity contribution in [2.24, 2.45) is 5.92 Å². The van der Waals surface area contributed by atoms with Gasteiger partial charge in [0, 0.05) is 27.9 Å². The van der Waals surface area contributed by atoms with E-state index < -0.39 is 5.92 Å². The van der Waals surface area contributed by atoms with Crippen LogP contribution in [0.2, 0.25) is 0 Å². The second-order valence-corrected chi connectivity index (χ2v) is 8.35. The standard InChI is InChI=1S/C27H21BrO2/c28-24-15-13-22(14-16-24)26(29)18-23-7-4-8-25(27(23)30)21-11-9-20(10-12-21)17-19-5-2-1-3-6-19/h1-16,23H,17-18H2. The predicted molar refractivity (Wildman–Crippen MR) is 124 cm³/mol. The van der Waals surface area contributed by atoms with E-state index in [1.807, 2.05) is 60.7 Å². The van der Waals surface area contributed by atoms with Gasteiger partial charge in [0.25, 0.3) is 0 Å². The van der Waals surface area contributed by atoms with Crippen LogP contribution in [0, 0.1) is 5.92 Å². The van der Waals surface area contributed by atoms with Crippen molar-refractivity contribution in [3.8, 4) is 0 Å². The molecular formula is C27H21BrO2. The summed E-state index contributed by atoms with van der Waals surface area (Å²) in [6.07, 6.45) is 6.59. The Balaban J connectivity index is 1.45. The number of Topliss-reactive ketones (excluding diaryl/α,β-unsaturated/α-hetero) is 2. The first-order valence-electron chi connectivity index (χ1n) is 9.95. The van der Waals surface area contributed by atoms with Gasteiger partial charge in [-0.1, -0.05) is 101 Å². The van der Waals surface area contributed by atoms with E-state index in [1.165, 1.54) is 11.1 Å². The zero-order valence-corrected chi connectivity index (χ0v) is 18.0. The maximum Gasteiger partial charge on any atom is 0.170 e.